The molecule has 4 rings (SSSR count). The van der Waals surface area contributed by atoms with Crippen molar-refractivity contribution in [1.29, 1.82) is 0 Å². The topological polar surface area (TPSA) is 85.8 Å². The van der Waals surface area contributed by atoms with Gasteiger partial charge in [-0.2, -0.15) is 5.10 Å². The van der Waals surface area contributed by atoms with Crippen LogP contribution < -0.4 is 5.32 Å². The van der Waals surface area contributed by atoms with Gasteiger partial charge < -0.3 is 9.84 Å². The van der Waals surface area contributed by atoms with Crippen molar-refractivity contribution in [2.75, 3.05) is 5.32 Å². The summed E-state index contributed by atoms with van der Waals surface area (Å²) in [6, 6.07) is 7.70. The number of aryl methyl sites for hydroxylation is 3. The van der Waals surface area contributed by atoms with Crippen LogP contribution in [-0.4, -0.2) is 25.8 Å². The van der Waals surface area contributed by atoms with E-state index in [4.69, 9.17) is 4.52 Å². The third-order valence-corrected chi connectivity index (χ3v) is 5.59. The van der Waals surface area contributed by atoms with Crippen molar-refractivity contribution in [1.82, 2.24) is 19.9 Å². The zero-order valence-corrected chi connectivity index (χ0v) is 18.1. The van der Waals surface area contributed by atoms with Gasteiger partial charge in [0.15, 0.2) is 0 Å². The summed E-state index contributed by atoms with van der Waals surface area (Å²) in [4.78, 5) is 20.0. The Morgan fingerprint density at radius 3 is 2.59 bits per heavy atom. The standard InChI is InChI=1S/C21H23N5O2S/c1-11-9-17(26(24-11)21(4,5)6)23-19(27)14-10-15(16-8-7-12(2)29-16)22-20-18(14)13(3)25-28-20/h7-10H,1-6H3,(H,23,27). The molecule has 0 spiro atoms. The fourth-order valence-electron chi connectivity index (χ4n) is 3.26. The first-order valence-electron chi connectivity index (χ1n) is 9.36. The third-order valence-electron chi connectivity index (χ3n) is 4.56. The lowest BCUT2D eigenvalue weighted by Gasteiger charge is -2.22. The van der Waals surface area contributed by atoms with Crippen molar-refractivity contribution < 1.29 is 9.32 Å². The number of carbonyl (C=O) groups is 1. The van der Waals surface area contributed by atoms with E-state index in [1.165, 1.54) is 4.88 Å². The lowest BCUT2D eigenvalue weighted by Crippen LogP contribution is -2.27. The zero-order chi connectivity index (χ0) is 20.9. The Morgan fingerprint density at radius 2 is 1.93 bits per heavy atom. The van der Waals surface area contributed by atoms with Crippen LogP contribution in [0.25, 0.3) is 21.7 Å². The first-order chi connectivity index (χ1) is 13.6. The fourth-order valence-corrected chi connectivity index (χ4v) is 4.08. The summed E-state index contributed by atoms with van der Waals surface area (Å²) in [5, 5.41) is 12.2. The first kappa shape index (κ1) is 19.3. The SMILES string of the molecule is Cc1cc(NC(=O)c2cc(-c3ccc(C)s3)nc3onc(C)c23)n(C(C)(C)C)n1. The molecule has 1 N–H and O–H groups in total. The van der Waals surface area contributed by atoms with E-state index in [9.17, 15) is 4.79 Å². The van der Waals surface area contributed by atoms with E-state index in [-0.39, 0.29) is 11.4 Å². The van der Waals surface area contributed by atoms with Crippen LogP contribution in [0, 0.1) is 20.8 Å². The van der Waals surface area contributed by atoms with Gasteiger partial charge in [0.1, 0.15) is 5.82 Å². The molecule has 0 aliphatic carbocycles. The maximum absolute atomic E-state index is 13.3. The third kappa shape index (κ3) is 3.55. The van der Waals surface area contributed by atoms with E-state index in [2.05, 4.69) is 20.6 Å². The highest BCUT2D eigenvalue weighted by Crippen LogP contribution is 2.31. The van der Waals surface area contributed by atoms with Crippen molar-refractivity contribution >= 4 is 34.2 Å². The highest BCUT2D eigenvalue weighted by molar-refractivity contribution is 7.15. The molecule has 150 valence electrons. The Morgan fingerprint density at radius 1 is 1.17 bits per heavy atom. The normalized spacial score (nSPS) is 11.9. The lowest BCUT2D eigenvalue weighted by atomic mass is 10.1. The average molecular weight is 410 g/mol. The molecular formula is C21H23N5O2S. The van der Waals surface area contributed by atoms with Gasteiger partial charge in [-0.1, -0.05) is 5.16 Å². The highest BCUT2D eigenvalue weighted by atomic mass is 32.1. The van der Waals surface area contributed by atoms with Gasteiger partial charge in [-0.15, -0.1) is 11.3 Å². The van der Waals surface area contributed by atoms with Crippen molar-refractivity contribution in [3.05, 3.63) is 46.1 Å². The molecule has 7 nitrogen and oxygen atoms in total. The van der Waals surface area contributed by atoms with E-state index in [0.717, 1.165) is 10.6 Å². The Kier molecular flexibility index (Phi) is 4.53. The van der Waals surface area contributed by atoms with E-state index in [0.29, 0.717) is 33.9 Å². The predicted octanol–water partition coefficient (Wildman–Crippen LogP) is 5.08. The summed E-state index contributed by atoms with van der Waals surface area (Å²) in [7, 11) is 0. The van der Waals surface area contributed by atoms with Crippen LogP contribution >= 0.6 is 11.3 Å². The van der Waals surface area contributed by atoms with Gasteiger partial charge >= 0.3 is 0 Å². The van der Waals surface area contributed by atoms with Gasteiger partial charge in [0, 0.05) is 10.9 Å². The van der Waals surface area contributed by atoms with Crippen LogP contribution in [0.1, 0.15) is 47.4 Å². The molecule has 0 aromatic carbocycles. The Hall–Kier alpha value is -3.00. The maximum Gasteiger partial charge on any atom is 0.259 e. The van der Waals surface area contributed by atoms with Crippen molar-refractivity contribution in [2.24, 2.45) is 0 Å². The van der Waals surface area contributed by atoms with Crippen LogP contribution in [0.5, 0.6) is 0 Å². The average Bonchev–Trinajstić information content (AvgIpc) is 3.33. The minimum absolute atomic E-state index is 0.247. The number of hydrogen-bond donors (Lipinski definition) is 1. The molecule has 0 fully saturated rings. The molecule has 0 radical (unpaired) electrons. The largest absolute Gasteiger partial charge is 0.335 e. The Bertz CT molecular complexity index is 1230. The van der Waals surface area contributed by atoms with E-state index in [1.54, 1.807) is 17.4 Å². The quantitative estimate of drug-likeness (QED) is 0.510. The second-order valence-electron chi connectivity index (χ2n) is 8.12. The molecule has 0 saturated carbocycles. The van der Waals surface area contributed by atoms with Crippen LogP contribution in [0.2, 0.25) is 0 Å². The number of fused-ring (bicyclic) bond motifs is 1. The van der Waals surface area contributed by atoms with Crippen molar-refractivity contribution in [2.45, 2.75) is 47.1 Å². The Balaban J connectivity index is 1.81. The minimum atomic E-state index is -0.267. The van der Waals surface area contributed by atoms with E-state index >= 15 is 0 Å². The first-order valence-corrected chi connectivity index (χ1v) is 10.2. The molecule has 8 heteroatoms. The number of nitrogens with one attached hydrogen (secondary N) is 1. The molecule has 0 aliphatic heterocycles. The minimum Gasteiger partial charge on any atom is -0.335 e. The zero-order valence-electron chi connectivity index (χ0n) is 17.3. The number of hydrogen-bond acceptors (Lipinski definition) is 6. The van der Waals surface area contributed by atoms with Crippen LogP contribution in [-0.2, 0) is 5.54 Å². The van der Waals surface area contributed by atoms with Gasteiger partial charge in [0.05, 0.1) is 38.4 Å². The summed E-state index contributed by atoms with van der Waals surface area (Å²) < 4.78 is 7.21. The van der Waals surface area contributed by atoms with Gasteiger partial charge in [-0.3, -0.25) is 4.79 Å². The molecule has 0 saturated heterocycles. The predicted molar refractivity (Wildman–Crippen MR) is 115 cm³/mol. The maximum atomic E-state index is 13.3. The molecule has 4 aromatic rings. The van der Waals surface area contributed by atoms with Crippen LogP contribution in [0.3, 0.4) is 0 Å². The molecular weight excluding hydrogens is 386 g/mol. The van der Waals surface area contributed by atoms with Gasteiger partial charge in [-0.05, 0) is 59.7 Å². The lowest BCUT2D eigenvalue weighted by molar-refractivity contribution is 0.102. The second kappa shape index (κ2) is 6.81. The number of thiophene rings is 1. The molecule has 0 aliphatic rings. The molecule has 1 amide bonds. The molecule has 0 bridgehead atoms. The molecule has 0 atom stereocenters. The van der Waals surface area contributed by atoms with Crippen molar-refractivity contribution in [3.63, 3.8) is 0 Å². The summed E-state index contributed by atoms with van der Waals surface area (Å²) >= 11 is 1.62. The number of pyridine rings is 1. The summed E-state index contributed by atoms with van der Waals surface area (Å²) in [5.41, 5.74) is 2.73. The van der Waals surface area contributed by atoms with Gasteiger partial charge in [0.25, 0.3) is 11.6 Å². The van der Waals surface area contributed by atoms with E-state index in [1.807, 2.05) is 64.4 Å². The number of anilines is 1. The van der Waals surface area contributed by atoms with Crippen LogP contribution in [0.4, 0.5) is 5.82 Å². The monoisotopic (exact) mass is 409 g/mol. The van der Waals surface area contributed by atoms with Crippen molar-refractivity contribution in [3.8, 4) is 10.6 Å². The Labute approximate surface area is 172 Å². The molecule has 0 unspecified atom stereocenters. The number of amides is 1. The van der Waals surface area contributed by atoms with E-state index < -0.39 is 0 Å². The van der Waals surface area contributed by atoms with Gasteiger partial charge in [0.2, 0.25) is 0 Å². The molecule has 4 heterocycles. The van der Waals surface area contributed by atoms with Gasteiger partial charge in [-0.25, -0.2) is 9.67 Å². The summed E-state index contributed by atoms with van der Waals surface area (Å²) in [5.74, 6) is 0.399. The van der Waals surface area contributed by atoms with Crippen LogP contribution in [0.15, 0.2) is 28.8 Å². The molecule has 4 aromatic heterocycles. The number of carbonyl (C=O) groups excluding carboxylic acids is 1. The number of nitrogens with zero attached hydrogens (tertiary/aromatic N) is 4. The number of rotatable bonds is 3. The smallest absolute Gasteiger partial charge is 0.259 e. The summed E-state index contributed by atoms with van der Waals surface area (Å²) in [6.07, 6.45) is 0. The molecule has 29 heavy (non-hydrogen) atoms. The number of aromatic nitrogens is 4. The second-order valence-corrected chi connectivity index (χ2v) is 9.41. The fraction of sp³-hybridized carbons (Fsp3) is 0.333. The summed E-state index contributed by atoms with van der Waals surface area (Å²) in [6.45, 7) is 11.9. The highest BCUT2D eigenvalue weighted by Gasteiger charge is 2.23.